The Balaban J connectivity index is 2.58. The summed E-state index contributed by atoms with van der Waals surface area (Å²) in [4.78, 5) is 12.2. The van der Waals surface area contributed by atoms with E-state index < -0.39 is 8.45 Å². The van der Waals surface area contributed by atoms with Crippen molar-refractivity contribution in [3.05, 3.63) is 30.1 Å². The molecule has 0 aliphatic rings. The van der Waals surface area contributed by atoms with Crippen molar-refractivity contribution < 1.29 is 18.6 Å². The molecule has 1 heterocycles. The van der Waals surface area contributed by atoms with E-state index >= 15 is 0 Å². The lowest BCUT2D eigenvalue weighted by Gasteiger charge is -2.45. The molecule has 0 bridgehead atoms. The third-order valence-corrected chi connectivity index (χ3v) is 8.27. The molecule has 1 aromatic rings. The number of ether oxygens (including phenoxy) is 1. The molecule has 0 saturated heterocycles. The molecule has 8 heteroatoms. The van der Waals surface area contributed by atoms with E-state index in [2.05, 4.69) is 64.7 Å². The SMILES string of the molecule is CC(C)N(C(C)C)P(OCCOCSC(=O)c1cc[n+](C)cc1)N(C(C)C)C(C)C. The molecule has 0 amide bonds. The minimum Gasteiger partial charge on any atom is -0.368 e. The van der Waals surface area contributed by atoms with Gasteiger partial charge < -0.3 is 9.26 Å². The molecule has 0 fully saturated rings. The fourth-order valence-corrected chi connectivity index (χ4v) is 6.22. The van der Waals surface area contributed by atoms with Crippen molar-refractivity contribution in [2.45, 2.75) is 79.6 Å². The number of carbonyl (C=O) groups excluding carboxylic acids is 1. The first-order chi connectivity index (χ1) is 14.1. The molecule has 0 atom stereocenters. The Labute approximate surface area is 189 Å². The van der Waals surface area contributed by atoms with E-state index in [0.717, 1.165) is 0 Å². The molecular weight excluding hydrogens is 417 g/mol. The van der Waals surface area contributed by atoms with Gasteiger partial charge in [-0.2, -0.15) is 0 Å². The van der Waals surface area contributed by atoms with Crippen LogP contribution in [0, 0.1) is 0 Å². The number of nitrogens with zero attached hydrogens (tertiary/aromatic N) is 3. The van der Waals surface area contributed by atoms with Gasteiger partial charge in [0.05, 0.1) is 19.2 Å². The van der Waals surface area contributed by atoms with Crippen LogP contribution in [0.1, 0.15) is 65.7 Å². The van der Waals surface area contributed by atoms with Crippen molar-refractivity contribution in [1.82, 2.24) is 9.34 Å². The second-order valence-corrected chi connectivity index (χ2v) is 11.0. The number of hydrogen-bond donors (Lipinski definition) is 0. The van der Waals surface area contributed by atoms with E-state index in [9.17, 15) is 4.79 Å². The van der Waals surface area contributed by atoms with E-state index in [0.29, 0.717) is 48.9 Å². The summed E-state index contributed by atoms with van der Waals surface area (Å²) in [6.45, 7) is 18.8. The highest BCUT2D eigenvalue weighted by molar-refractivity contribution is 8.14. The van der Waals surface area contributed by atoms with Crippen molar-refractivity contribution in [2.75, 3.05) is 19.2 Å². The van der Waals surface area contributed by atoms with Crippen LogP contribution < -0.4 is 4.57 Å². The summed E-state index contributed by atoms with van der Waals surface area (Å²) >= 11 is 1.18. The summed E-state index contributed by atoms with van der Waals surface area (Å²) in [5.41, 5.74) is 0.690. The van der Waals surface area contributed by atoms with Crippen molar-refractivity contribution >= 4 is 25.3 Å². The number of pyridine rings is 1. The smallest absolute Gasteiger partial charge is 0.222 e. The molecule has 0 aliphatic carbocycles. The second kappa shape index (κ2) is 13.8. The van der Waals surface area contributed by atoms with E-state index in [-0.39, 0.29) is 5.12 Å². The molecule has 172 valence electrons. The fraction of sp³-hybridized carbons (Fsp3) is 0.727. The Morgan fingerprint density at radius 3 is 1.83 bits per heavy atom. The van der Waals surface area contributed by atoms with Gasteiger partial charge in [-0.15, -0.1) is 0 Å². The van der Waals surface area contributed by atoms with Crippen molar-refractivity contribution in [3.8, 4) is 0 Å². The molecule has 1 aromatic heterocycles. The lowest BCUT2D eigenvalue weighted by Crippen LogP contribution is -2.43. The third-order valence-electron chi connectivity index (χ3n) is 4.43. The Bertz CT molecular complexity index is 591. The quantitative estimate of drug-likeness (QED) is 0.182. The molecule has 0 unspecified atom stereocenters. The first kappa shape index (κ1) is 27.5. The number of aryl methyl sites for hydroxylation is 1. The number of carbonyl (C=O) groups is 1. The summed E-state index contributed by atoms with van der Waals surface area (Å²) < 4.78 is 18.9. The Morgan fingerprint density at radius 2 is 1.40 bits per heavy atom. The highest BCUT2D eigenvalue weighted by atomic mass is 32.2. The van der Waals surface area contributed by atoms with Crippen LogP contribution in [0.15, 0.2) is 24.5 Å². The average molecular weight is 459 g/mol. The van der Waals surface area contributed by atoms with Crippen LogP contribution in [0.4, 0.5) is 0 Å². The summed E-state index contributed by atoms with van der Waals surface area (Å²) in [5.74, 6) is 0.331. The normalized spacial score (nSPS) is 12.5. The third kappa shape index (κ3) is 8.89. The lowest BCUT2D eigenvalue weighted by molar-refractivity contribution is -0.671. The number of aromatic nitrogens is 1. The van der Waals surface area contributed by atoms with Gasteiger partial charge in [0.1, 0.15) is 7.05 Å². The Hall–Kier alpha value is -0.560. The maximum atomic E-state index is 12.2. The second-order valence-electron chi connectivity index (χ2n) is 8.43. The molecule has 0 aliphatic heterocycles. The predicted molar refractivity (Wildman–Crippen MR) is 127 cm³/mol. The molecule has 1 rings (SSSR count). The number of hydrogen-bond acceptors (Lipinski definition) is 6. The van der Waals surface area contributed by atoms with Crippen LogP contribution in [0.3, 0.4) is 0 Å². The standard InChI is InChI=1S/C22H41N3O3PS/c1-17(2)24(18(3)4)29(25(19(5)6)20(7)8)28-15-14-27-16-30-22(26)21-10-12-23(9)13-11-21/h10-13,17-20H,14-16H2,1-9H3/q+1. The zero-order valence-electron chi connectivity index (χ0n) is 20.2. The predicted octanol–water partition coefficient (Wildman–Crippen LogP) is 4.84. The van der Waals surface area contributed by atoms with Gasteiger partial charge in [0.25, 0.3) is 0 Å². The average Bonchev–Trinajstić information content (AvgIpc) is 2.63. The van der Waals surface area contributed by atoms with Gasteiger partial charge in [-0.1, -0.05) is 11.8 Å². The highest BCUT2D eigenvalue weighted by Crippen LogP contribution is 2.50. The highest BCUT2D eigenvalue weighted by Gasteiger charge is 2.34. The first-order valence-corrected chi connectivity index (χ1v) is 12.9. The van der Waals surface area contributed by atoms with Crippen molar-refractivity contribution in [2.24, 2.45) is 7.05 Å². The van der Waals surface area contributed by atoms with Crippen LogP contribution in [0.5, 0.6) is 0 Å². The maximum absolute atomic E-state index is 12.2. The molecule has 0 saturated carbocycles. The maximum Gasteiger partial charge on any atom is 0.222 e. The Kier molecular flexibility index (Phi) is 12.6. The zero-order chi connectivity index (χ0) is 22.8. The van der Waals surface area contributed by atoms with Gasteiger partial charge in [-0.3, -0.25) is 4.79 Å². The summed E-state index contributed by atoms with van der Waals surface area (Å²) in [5, 5.41) is 0.0235. The van der Waals surface area contributed by atoms with Gasteiger partial charge >= 0.3 is 0 Å². The monoisotopic (exact) mass is 458 g/mol. The van der Waals surface area contributed by atoms with Crippen LogP contribution in [0.25, 0.3) is 0 Å². The van der Waals surface area contributed by atoms with Crippen molar-refractivity contribution in [3.63, 3.8) is 0 Å². The molecule has 0 aromatic carbocycles. The van der Waals surface area contributed by atoms with Crippen LogP contribution in [0.2, 0.25) is 0 Å². The van der Waals surface area contributed by atoms with Crippen LogP contribution in [-0.2, 0) is 16.3 Å². The molecule has 0 N–H and O–H groups in total. The molecule has 30 heavy (non-hydrogen) atoms. The van der Waals surface area contributed by atoms with Gasteiger partial charge in [0.15, 0.2) is 20.8 Å². The van der Waals surface area contributed by atoms with E-state index in [4.69, 9.17) is 9.26 Å². The van der Waals surface area contributed by atoms with Gasteiger partial charge in [-0.05, 0) is 55.4 Å². The largest absolute Gasteiger partial charge is 0.368 e. The molecule has 0 spiro atoms. The van der Waals surface area contributed by atoms with Gasteiger partial charge in [0.2, 0.25) is 5.12 Å². The number of rotatable bonds is 13. The van der Waals surface area contributed by atoms with E-state index in [1.165, 1.54) is 11.8 Å². The topological polar surface area (TPSA) is 45.9 Å². The molecule has 0 radical (unpaired) electrons. The van der Waals surface area contributed by atoms with Crippen molar-refractivity contribution in [1.29, 1.82) is 0 Å². The minimum atomic E-state index is -0.907. The molecule has 6 nitrogen and oxygen atoms in total. The summed E-state index contributed by atoms with van der Waals surface area (Å²) in [7, 11) is 1.02. The van der Waals surface area contributed by atoms with Crippen LogP contribution >= 0.6 is 20.2 Å². The minimum absolute atomic E-state index is 0.0235. The van der Waals surface area contributed by atoms with E-state index in [1.807, 2.05) is 36.1 Å². The van der Waals surface area contributed by atoms with Gasteiger partial charge in [-0.25, -0.2) is 13.9 Å². The Morgan fingerprint density at radius 1 is 0.933 bits per heavy atom. The fourth-order valence-electron chi connectivity index (χ4n) is 3.29. The van der Waals surface area contributed by atoms with Crippen LogP contribution in [-0.4, -0.2) is 57.8 Å². The lowest BCUT2D eigenvalue weighted by atomic mass is 10.3. The molecular formula is C22H41N3O3PS+. The number of thioether (sulfide) groups is 1. The van der Waals surface area contributed by atoms with Gasteiger partial charge in [0, 0.05) is 41.9 Å². The summed E-state index contributed by atoms with van der Waals surface area (Å²) in [6.07, 6.45) is 3.74. The zero-order valence-corrected chi connectivity index (χ0v) is 21.9. The van der Waals surface area contributed by atoms with E-state index in [1.54, 1.807) is 0 Å². The first-order valence-electron chi connectivity index (χ1n) is 10.8. The summed E-state index contributed by atoms with van der Waals surface area (Å²) in [6, 6.07) is 5.20.